The van der Waals surface area contributed by atoms with E-state index in [9.17, 15) is 24.3 Å². The van der Waals surface area contributed by atoms with Crippen LogP contribution < -0.4 is 10.6 Å². The van der Waals surface area contributed by atoms with Crippen molar-refractivity contribution in [2.24, 2.45) is 5.41 Å². The summed E-state index contributed by atoms with van der Waals surface area (Å²) in [7, 11) is 0. The van der Waals surface area contributed by atoms with Gasteiger partial charge in [0.25, 0.3) is 0 Å². The predicted octanol–water partition coefficient (Wildman–Crippen LogP) is 2.13. The highest BCUT2D eigenvalue weighted by atomic mass is 32.1. The van der Waals surface area contributed by atoms with Gasteiger partial charge in [0.05, 0.1) is 55.0 Å². The van der Waals surface area contributed by atoms with Gasteiger partial charge in [-0.1, -0.05) is 45.0 Å². The predicted molar refractivity (Wildman–Crippen MR) is 160 cm³/mol. The van der Waals surface area contributed by atoms with Crippen LogP contribution >= 0.6 is 11.3 Å². The molecular weight excluding hydrogens is 576 g/mol. The van der Waals surface area contributed by atoms with Crippen molar-refractivity contribution in [3.8, 4) is 10.4 Å². The number of aliphatic hydroxyl groups is 1. The molecule has 1 aliphatic heterocycles. The molecule has 1 fully saturated rings. The third-order valence-electron chi connectivity index (χ3n) is 7.02. The fourth-order valence-corrected chi connectivity index (χ4v) is 5.47. The third kappa shape index (κ3) is 10.4. The number of β-amino-alcohol motifs (C(OH)–C–C–N with tert-alkyl or cyclic N) is 1. The fourth-order valence-electron chi connectivity index (χ4n) is 4.66. The maximum atomic E-state index is 13.7. The number of ether oxygens (including phenoxy) is 2. The maximum absolute atomic E-state index is 13.7. The van der Waals surface area contributed by atoms with Crippen LogP contribution in [0.25, 0.3) is 10.4 Å². The Hall–Kier alpha value is -3.39. The molecule has 2 heterocycles. The first kappa shape index (κ1) is 34.1. The molecule has 0 radical (unpaired) electrons. The lowest BCUT2D eigenvalue weighted by Gasteiger charge is -2.35. The number of hydrogen-bond acceptors (Lipinski definition) is 9. The van der Waals surface area contributed by atoms with Gasteiger partial charge < -0.3 is 35.2 Å². The van der Waals surface area contributed by atoms with Gasteiger partial charge in [-0.05, 0) is 23.5 Å². The van der Waals surface area contributed by atoms with Crippen LogP contribution in [0.4, 0.5) is 0 Å². The summed E-state index contributed by atoms with van der Waals surface area (Å²) in [5, 5.41) is 24.7. The van der Waals surface area contributed by atoms with Crippen LogP contribution in [0, 0.1) is 12.3 Å². The Morgan fingerprint density at radius 2 is 1.72 bits per heavy atom. The van der Waals surface area contributed by atoms with Crippen LogP contribution in [0.5, 0.6) is 0 Å². The molecule has 43 heavy (non-hydrogen) atoms. The van der Waals surface area contributed by atoms with Crippen LogP contribution in [-0.2, 0) is 35.2 Å². The van der Waals surface area contributed by atoms with Crippen molar-refractivity contribution in [1.29, 1.82) is 0 Å². The number of nitrogens with one attached hydrogen (secondary N) is 2. The lowest BCUT2D eigenvalue weighted by atomic mass is 9.85. The van der Waals surface area contributed by atoms with E-state index in [4.69, 9.17) is 14.6 Å². The summed E-state index contributed by atoms with van der Waals surface area (Å²) in [5.41, 5.74) is 4.04. The minimum atomic E-state index is -0.944. The average molecular weight is 619 g/mol. The van der Waals surface area contributed by atoms with Gasteiger partial charge in [0.1, 0.15) is 12.1 Å². The Morgan fingerprint density at radius 3 is 2.30 bits per heavy atom. The number of carboxylic acid groups (broad SMARTS) is 1. The highest BCUT2D eigenvalue weighted by Gasteiger charge is 2.44. The van der Waals surface area contributed by atoms with Crippen molar-refractivity contribution < 1.29 is 38.9 Å². The van der Waals surface area contributed by atoms with Gasteiger partial charge in [0.15, 0.2) is 0 Å². The van der Waals surface area contributed by atoms with Crippen LogP contribution in [0.1, 0.15) is 51.3 Å². The van der Waals surface area contributed by atoms with Crippen molar-refractivity contribution in [3.05, 3.63) is 41.0 Å². The first-order chi connectivity index (χ1) is 20.4. The van der Waals surface area contributed by atoms with Gasteiger partial charge >= 0.3 is 5.97 Å². The molecule has 1 aliphatic rings. The second kappa shape index (κ2) is 15.9. The van der Waals surface area contributed by atoms with E-state index < -0.39 is 41.4 Å². The number of aliphatic hydroxyl groups excluding tert-OH is 1. The molecule has 2 aromatic rings. The quantitative estimate of drug-likeness (QED) is 0.219. The molecule has 4 N–H and O–H groups in total. The number of thiazole rings is 1. The molecule has 0 spiro atoms. The largest absolute Gasteiger partial charge is 0.481 e. The highest BCUT2D eigenvalue weighted by Crippen LogP contribution is 2.28. The van der Waals surface area contributed by atoms with E-state index in [0.29, 0.717) is 0 Å². The van der Waals surface area contributed by atoms with E-state index in [1.807, 2.05) is 52.0 Å². The standard InChI is InChI=1S/C30H42N4O8S/c1-19-26(43-18-32-19)21-7-5-20(6-8-21)16-31-28(39)23-15-22(35)17-34(23)29(40)27(30(2,3)4)33-24(36)9-11-41-13-14-42-12-10-25(37)38/h5-8,18,22-23,27,35H,9-17H2,1-4H3,(H,31,39)(H,33,36)(H,37,38)/t22-,23+,27-/m1/s1. The van der Waals surface area contributed by atoms with E-state index in [1.54, 1.807) is 16.8 Å². The summed E-state index contributed by atoms with van der Waals surface area (Å²) in [5.74, 6) is -2.14. The first-order valence-electron chi connectivity index (χ1n) is 14.3. The van der Waals surface area contributed by atoms with E-state index in [-0.39, 0.29) is 64.7 Å². The number of amides is 3. The molecule has 1 aromatic carbocycles. The summed E-state index contributed by atoms with van der Waals surface area (Å²) in [6.45, 7) is 8.26. The van der Waals surface area contributed by atoms with Crippen molar-refractivity contribution in [1.82, 2.24) is 20.5 Å². The summed E-state index contributed by atoms with van der Waals surface area (Å²) in [6.07, 6.45) is -0.843. The number of nitrogens with zero attached hydrogens (tertiary/aromatic N) is 2. The van der Waals surface area contributed by atoms with Gasteiger partial charge in [-0.3, -0.25) is 19.2 Å². The molecular formula is C30H42N4O8S. The number of aromatic nitrogens is 1. The zero-order valence-electron chi connectivity index (χ0n) is 25.1. The zero-order valence-corrected chi connectivity index (χ0v) is 25.9. The zero-order chi connectivity index (χ0) is 31.6. The van der Waals surface area contributed by atoms with Crippen molar-refractivity contribution in [2.45, 2.75) is 71.7 Å². The number of rotatable bonds is 15. The molecule has 3 amide bonds. The molecule has 0 unspecified atom stereocenters. The number of carboxylic acids is 1. The molecule has 3 rings (SSSR count). The fraction of sp³-hybridized carbons (Fsp3) is 0.567. The second-order valence-corrected chi connectivity index (χ2v) is 12.4. The third-order valence-corrected chi connectivity index (χ3v) is 7.99. The normalized spacial score (nSPS) is 17.5. The van der Waals surface area contributed by atoms with Gasteiger partial charge in [0, 0.05) is 25.9 Å². The summed E-state index contributed by atoms with van der Waals surface area (Å²) in [4.78, 5) is 56.8. The molecule has 3 atom stereocenters. The number of carbonyl (C=O) groups is 4. The molecule has 12 nitrogen and oxygen atoms in total. The Morgan fingerprint density at radius 1 is 1.07 bits per heavy atom. The molecule has 1 saturated heterocycles. The topological polar surface area (TPSA) is 167 Å². The highest BCUT2D eigenvalue weighted by molar-refractivity contribution is 7.13. The Balaban J connectivity index is 1.53. The number of benzene rings is 1. The minimum absolute atomic E-state index is 0.00286. The summed E-state index contributed by atoms with van der Waals surface area (Å²) >= 11 is 1.57. The Kier molecular flexibility index (Phi) is 12.6. The van der Waals surface area contributed by atoms with Crippen LogP contribution in [0.2, 0.25) is 0 Å². The number of aliphatic carboxylic acids is 1. The molecule has 1 aromatic heterocycles. The summed E-state index contributed by atoms with van der Waals surface area (Å²) < 4.78 is 10.5. The summed E-state index contributed by atoms with van der Waals surface area (Å²) in [6, 6.07) is 6.03. The van der Waals surface area contributed by atoms with Crippen LogP contribution in [-0.4, -0.2) is 94.9 Å². The molecule has 0 saturated carbocycles. The van der Waals surface area contributed by atoms with E-state index in [0.717, 1.165) is 21.7 Å². The van der Waals surface area contributed by atoms with E-state index in [1.165, 1.54) is 4.90 Å². The molecule has 0 bridgehead atoms. The van der Waals surface area contributed by atoms with Crippen molar-refractivity contribution in [3.63, 3.8) is 0 Å². The SMILES string of the molecule is Cc1ncsc1-c1ccc(CNC(=O)[C@@H]2C[C@@H](O)CN2C(=O)[C@@H](NC(=O)CCOCCOCCC(=O)O)C(C)(C)C)cc1. The monoisotopic (exact) mass is 618 g/mol. The van der Waals surface area contributed by atoms with Crippen LogP contribution in [0.3, 0.4) is 0 Å². The van der Waals surface area contributed by atoms with Gasteiger partial charge in [-0.2, -0.15) is 0 Å². The molecule has 236 valence electrons. The number of hydrogen-bond donors (Lipinski definition) is 4. The molecule has 0 aliphatic carbocycles. The number of likely N-dealkylation sites (tertiary alicyclic amines) is 1. The van der Waals surface area contributed by atoms with E-state index in [2.05, 4.69) is 15.6 Å². The molecule has 13 heteroatoms. The minimum Gasteiger partial charge on any atom is -0.481 e. The first-order valence-corrected chi connectivity index (χ1v) is 15.2. The van der Waals surface area contributed by atoms with Gasteiger partial charge in [0.2, 0.25) is 17.7 Å². The van der Waals surface area contributed by atoms with Gasteiger partial charge in [-0.25, -0.2) is 4.98 Å². The van der Waals surface area contributed by atoms with Gasteiger partial charge in [-0.15, -0.1) is 11.3 Å². The van der Waals surface area contributed by atoms with E-state index >= 15 is 0 Å². The second-order valence-electron chi connectivity index (χ2n) is 11.6. The number of carbonyl (C=O) groups excluding carboxylic acids is 3. The Bertz CT molecular complexity index is 1240. The average Bonchev–Trinajstić information content (AvgIpc) is 3.56. The lowest BCUT2D eigenvalue weighted by molar-refractivity contribution is -0.144. The maximum Gasteiger partial charge on any atom is 0.305 e. The van der Waals surface area contributed by atoms with Crippen molar-refractivity contribution in [2.75, 3.05) is 33.0 Å². The van der Waals surface area contributed by atoms with Crippen LogP contribution in [0.15, 0.2) is 29.8 Å². The lowest BCUT2D eigenvalue weighted by Crippen LogP contribution is -2.57. The number of aryl methyl sites for hydroxylation is 1. The smallest absolute Gasteiger partial charge is 0.305 e. The van der Waals surface area contributed by atoms with Crippen molar-refractivity contribution >= 4 is 35.0 Å². The Labute approximate surface area is 255 Å².